The molecule has 0 amide bonds. The molecular weight excluding hydrogens is 142 g/mol. The van der Waals surface area contributed by atoms with Gasteiger partial charge in [-0.1, -0.05) is 0 Å². The van der Waals surface area contributed by atoms with Crippen LogP contribution in [0.3, 0.4) is 0 Å². The first-order valence-electron chi connectivity index (χ1n) is 3.31. The van der Waals surface area contributed by atoms with Crippen molar-refractivity contribution in [2.45, 2.75) is 6.92 Å². The maximum absolute atomic E-state index is 11.0. The number of nitrogens with one attached hydrogen (secondary N) is 1. The third kappa shape index (κ3) is 0.756. The number of H-pyrrole nitrogens is 1. The molecule has 2 aromatic rings. The summed E-state index contributed by atoms with van der Waals surface area (Å²) in [5.74, 6) is 0. The van der Waals surface area contributed by atoms with Gasteiger partial charge in [0.1, 0.15) is 5.52 Å². The maximum atomic E-state index is 11.0. The normalized spacial score (nSPS) is 10.6. The number of aryl methyl sites for hydroxylation is 1. The molecule has 0 fully saturated rings. The van der Waals surface area contributed by atoms with Crippen molar-refractivity contribution >= 4 is 10.9 Å². The standard InChI is InChI=1S/C7H7N3O/c1-5-6-4-8-9-7(6)2-3-10(5)11/h2-4H,1H3,(H,8,9). The summed E-state index contributed by atoms with van der Waals surface area (Å²) in [6.45, 7) is 1.77. The van der Waals surface area contributed by atoms with Crippen LogP contribution >= 0.6 is 0 Å². The van der Waals surface area contributed by atoms with Crippen LogP contribution in [0.4, 0.5) is 0 Å². The first-order chi connectivity index (χ1) is 5.29. The highest BCUT2D eigenvalue weighted by Crippen LogP contribution is 2.09. The minimum Gasteiger partial charge on any atom is -0.618 e. The Morgan fingerprint density at radius 3 is 3.27 bits per heavy atom. The van der Waals surface area contributed by atoms with E-state index in [4.69, 9.17) is 0 Å². The van der Waals surface area contributed by atoms with E-state index in [9.17, 15) is 5.21 Å². The van der Waals surface area contributed by atoms with Crippen molar-refractivity contribution in [1.82, 2.24) is 10.2 Å². The fourth-order valence-electron chi connectivity index (χ4n) is 1.09. The molecule has 2 rings (SSSR count). The highest BCUT2D eigenvalue weighted by molar-refractivity contribution is 5.78. The molecule has 0 bridgehead atoms. The molecule has 0 unspecified atom stereocenters. The number of aromatic amines is 1. The summed E-state index contributed by atoms with van der Waals surface area (Å²) in [4.78, 5) is 0. The number of aromatic nitrogens is 3. The largest absolute Gasteiger partial charge is 0.618 e. The van der Waals surface area contributed by atoms with Crippen molar-refractivity contribution in [3.8, 4) is 0 Å². The zero-order valence-electron chi connectivity index (χ0n) is 6.03. The predicted octanol–water partition coefficient (Wildman–Crippen LogP) is 0.505. The Morgan fingerprint density at radius 2 is 2.45 bits per heavy atom. The quantitative estimate of drug-likeness (QED) is 0.438. The van der Waals surface area contributed by atoms with E-state index >= 15 is 0 Å². The number of nitrogens with zero attached hydrogens (tertiary/aromatic N) is 2. The topological polar surface area (TPSA) is 55.6 Å². The monoisotopic (exact) mass is 149 g/mol. The molecule has 4 nitrogen and oxygen atoms in total. The Balaban J connectivity index is 2.93. The summed E-state index contributed by atoms with van der Waals surface area (Å²) in [6.07, 6.45) is 3.18. The summed E-state index contributed by atoms with van der Waals surface area (Å²) < 4.78 is 0.831. The van der Waals surface area contributed by atoms with Gasteiger partial charge in [-0.2, -0.15) is 9.83 Å². The average molecular weight is 149 g/mol. The van der Waals surface area contributed by atoms with Crippen LogP contribution in [-0.2, 0) is 0 Å². The third-order valence-corrected chi connectivity index (χ3v) is 1.76. The number of hydrogen-bond acceptors (Lipinski definition) is 2. The van der Waals surface area contributed by atoms with E-state index in [2.05, 4.69) is 10.2 Å². The zero-order chi connectivity index (χ0) is 7.84. The molecular formula is C7H7N3O. The van der Waals surface area contributed by atoms with Crippen LogP contribution in [0.25, 0.3) is 10.9 Å². The maximum Gasteiger partial charge on any atom is 0.200 e. The van der Waals surface area contributed by atoms with Crippen LogP contribution < -0.4 is 4.73 Å². The van der Waals surface area contributed by atoms with Crippen LogP contribution in [0.1, 0.15) is 5.69 Å². The second-order valence-electron chi connectivity index (χ2n) is 2.41. The fourth-order valence-corrected chi connectivity index (χ4v) is 1.09. The van der Waals surface area contributed by atoms with Crippen molar-refractivity contribution in [1.29, 1.82) is 0 Å². The van der Waals surface area contributed by atoms with Gasteiger partial charge < -0.3 is 5.21 Å². The zero-order valence-corrected chi connectivity index (χ0v) is 6.03. The van der Waals surface area contributed by atoms with Crippen molar-refractivity contribution in [3.63, 3.8) is 0 Å². The molecule has 0 aliphatic carbocycles. The lowest BCUT2D eigenvalue weighted by Gasteiger charge is -1.98. The molecule has 4 heteroatoms. The lowest BCUT2D eigenvalue weighted by atomic mass is 10.2. The van der Waals surface area contributed by atoms with Gasteiger partial charge in [0.2, 0.25) is 5.69 Å². The van der Waals surface area contributed by atoms with Crippen molar-refractivity contribution in [2.75, 3.05) is 0 Å². The fraction of sp³-hybridized carbons (Fsp3) is 0.143. The summed E-state index contributed by atoms with van der Waals surface area (Å²) in [5, 5.41) is 18.5. The molecule has 0 aromatic carbocycles. The summed E-state index contributed by atoms with van der Waals surface area (Å²) in [7, 11) is 0. The van der Waals surface area contributed by atoms with Crippen LogP contribution in [0.2, 0.25) is 0 Å². The van der Waals surface area contributed by atoms with Crippen molar-refractivity contribution in [3.05, 3.63) is 29.4 Å². The van der Waals surface area contributed by atoms with Gasteiger partial charge >= 0.3 is 0 Å². The van der Waals surface area contributed by atoms with Gasteiger partial charge in [0.15, 0.2) is 6.20 Å². The van der Waals surface area contributed by atoms with E-state index in [-0.39, 0.29) is 0 Å². The van der Waals surface area contributed by atoms with E-state index in [1.165, 1.54) is 6.20 Å². The Kier molecular flexibility index (Phi) is 1.09. The Bertz CT molecular complexity index is 393. The molecule has 1 N–H and O–H groups in total. The van der Waals surface area contributed by atoms with Crippen LogP contribution in [-0.4, -0.2) is 10.2 Å². The molecule has 0 saturated heterocycles. The minimum atomic E-state index is 0.677. The molecule has 0 radical (unpaired) electrons. The highest BCUT2D eigenvalue weighted by Gasteiger charge is 2.05. The van der Waals surface area contributed by atoms with Crippen molar-refractivity contribution in [2.24, 2.45) is 0 Å². The van der Waals surface area contributed by atoms with E-state index in [0.29, 0.717) is 5.69 Å². The van der Waals surface area contributed by atoms with Crippen LogP contribution in [0.15, 0.2) is 18.5 Å². The SMILES string of the molecule is Cc1c2c[nH]nc2cc[n+]1[O-]. The Labute approximate surface area is 63.1 Å². The second-order valence-corrected chi connectivity index (χ2v) is 2.41. The number of rotatable bonds is 0. The lowest BCUT2D eigenvalue weighted by molar-refractivity contribution is -0.610. The molecule has 2 heterocycles. The lowest BCUT2D eigenvalue weighted by Crippen LogP contribution is -2.28. The van der Waals surface area contributed by atoms with E-state index in [1.807, 2.05) is 0 Å². The van der Waals surface area contributed by atoms with Crippen LogP contribution in [0, 0.1) is 12.1 Å². The molecule has 0 atom stereocenters. The summed E-state index contributed by atoms with van der Waals surface area (Å²) >= 11 is 0. The van der Waals surface area contributed by atoms with Gasteiger partial charge in [-0.15, -0.1) is 0 Å². The molecule has 2 aromatic heterocycles. The van der Waals surface area contributed by atoms with Gasteiger partial charge in [0.05, 0.1) is 5.39 Å². The number of fused-ring (bicyclic) bond motifs is 1. The molecule has 0 saturated carbocycles. The predicted molar refractivity (Wildman–Crippen MR) is 39.8 cm³/mol. The van der Waals surface area contributed by atoms with Crippen LogP contribution in [0.5, 0.6) is 0 Å². The first-order valence-corrected chi connectivity index (χ1v) is 3.31. The second kappa shape index (κ2) is 1.95. The average Bonchev–Trinajstić information content (AvgIpc) is 2.45. The molecule has 56 valence electrons. The summed E-state index contributed by atoms with van der Waals surface area (Å²) in [6, 6.07) is 1.69. The van der Waals surface area contributed by atoms with Gasteiger partial charge in [-0.05, 0) is 0 Å². The number of pyridine rings is 1. The third-order valence-electron chi connectivity index (χ3n) is 1.76. The Hall–Kier alpha value is -1.58. The first kappa shape index (κ1) is 6.15. The molecule has 11 heavy (non-hydrogen) atoms. The molecule has 0 aliphatic heterocycles. The Morgan fingerprint density at radius 1 is 1.64 bits per heavy atom. The van der Waals surface area contributed by atoms with E-state index in [1.54, 1.807) is 19.2 Å². The number of hydrogen-bond donors (Lipinski definition) is 1. The van der Waals surface area contributed by atoms with Gasteiger partial charge in [-0.3, -0.25) is 5.10 Å². The molecule has 0 spiro atoms. The summed E-state index contributed by atoms with van der Waals surface area (Å²) in [5.41, 5.74) is 1.51. The van der Waals surface area contributed by atoms with E-state index < -0.39 is 0 Å². The van der Waals surface area contributed by atoms with E-state index in [0.717, 1.165) is 15.6 Å². The smallest absolute Gasteiger partial charge is 0.200 e. The minimum absolute atomic E-state index is 0.677. The van der Waals surface area contributed by atoms with Gasteiger partial charge in [0.25, 0.3) is 0 Å². The van der Waals surface area contributed by atoms with Crippen molar-refractivity contribution < 1.29 is 4.73 Å². The highest BCUT2D eigenvalue weighted by atomic mass is 16.5. The van der Waals surface area contributed by atoms with Gasteiger partial charge in [-0.25, -0.2) is 0 Å². The molecule has 0 aliphatic rings. The van der Waals surface area contributed by atoms with Gasteiger partial charge in [0, 0.05) is 19.2 Å².